The lowest BCUT2D eigenvalue weighted by Gasteiger charge is -2.39. The van der Waals surface area contributed by atoms with Gasteiger partial charge in [0, 0.05) is 9.89 Å². The van der Waals surface area contributed by atoms with Crippen molar-refractivity contribution in [1.82, 2.24) is 0 Å². The molecule has 1 saturated carbocycles. The molecule has 0 aromatic heterocycles. The summed E-state index contributed by atoms with van der Waals surface area (Å²) in [4.78, 5) is 12.9. The van der Waals surface area contributed by atoms with Gasteiger partial charge in [-0.3, -0.25) is 4.79 Å². The predicted octanol–water partition coefficient (Wildman–Crippen LogP) is 5.49. The highest BCUT2D eigenvalue weighted by Gasteiger charge is 2.42. The number of rotatable bonds is 2. The molecule has 1 fully saturated rings. The van der Waals surface area contributed by atoms with Crippen molar-refractivity contribution in [2.75, 3.05) is 0 Å². The van der Waals surface area contributed by atoms with Gasteiger partial charge in [0.15, 0.2) is 5.78 Å². The van der Waals surface area contributed by atoms with E-state index in [1.54, 1.807) is 0 Å². The van der Waals surface area contributed by atoms with Gasteiger partial charge >= 0.3 is 0 Å². The molecule has 1 aliphatic rings. The molecule has 1 nitrogen and oxygen atoms in total. The molecule has 1 aromatic carbocycles. The van der Waals surface area contributed by atoms with Crippen LogP contribution in [0.25, 0.3) is 6.08 Å². The maximum atomic E-state index is 12.9. The molecule has 0 bridgehead atoms. The predicted molar refractivity (Wildman–Crippen MR) is 88.5 cm³/mol. The minimum atomic E-state index is -0.201. The fourth-order valence-corrected chi connectivity index (χ4v) is 3.10. The van der Waals surface area contributed by atoms with Gasteiger partial charge < -0.3 is 0 Å². The van der Waals surface area contributed by atoms with Gasteiger partial charge in [-0.25, -0.2) is 0 Å². The van der Waals surface area contributed by atoms with Crippen LogP contribution in [0.15, 0.2) is 34.3 Å². The van der Waals surface area contributed by atoms with Crippen molar-refractivity contribution >= 4 is 27.8 Å². The molecule has 1 aliphatic carbocycles. The zero-order valence-corrected chi connectivity index (χ0v) is 14.3. The van der Waals surface area contributed by atoms with E-state index in [0.29, 0.717) is 17.6 Å². The van der Waals surface area contributed by atoms with Crippen molar-refractivity contribution < 1.29 is 4.79 Å². The second-order valence-electron chi connectivity index (χ2n) is 6.49. The SMILES string of the molecule is CC(C)[C@@]1(C)CC[C@H](C)C(=Cc2ccc(Br)cc2)C1=O. The Labute approximate surface area is 130 Å². The molecule has 2 heteroatoms. The van der Waals surface area contributed by atoms with E-state index in [9.17, 15) is 4.79 Å². The highest BCUT2D eigenvalue weighted by molar-refractivity contribution is 9.10. The zero-order valence-electron chi connectivity index (χ0n) is 12.7. The fourth-order valence-electron chi connectivity index (χ4n) is 2.84. The Morgan fingerprint density at radius 1 is 1.30 bits per heavy atom. The number of carbonyl (C=O) groups is 1. The minimum absolute atomic E-state index is 0.201. The third-order valence-electron chi connectivity index (χ3n) is 4.87. The average molecular weight is 335 g/mol. The van der Waals surface area contributed by atoms with Crippen molar-refractivity contribution in [2.24, 2.45) is 17.3 Å². The topological polar surface area (TPSA) is 17.1 Å². The van der Waals surface area contributed by atoms with Crippen LogP contribution in [0.2, 0.25) is 0 Å². The summed E-state index contributed by atoms with van der Waals surface area (Å²) in [5.41, 5.74) is 1.90. The molecule has 0 amide bonds. The normalized spacial score (nSPS) is 29.2. The first-order chi connectivity index (χ1) is 9.34. The largest absolute Gasteiger partial charge is 0.294 e. The number of hydrogen-bond acceptors (Lipinski definition) is 1. The van der Waals surface area contributed by atoms with E-state index in [0.717, 1.165) is 28.5 Å². The first kappa shape index (κ1) is 15.5. The van der Waals surface area contributed by atoms with Crippen LogP contribution in [-0.2, 0) is 4.79 Å². The van der Waals surface area contributed by atoms with Crippen LogP contribution in [0, 0.1) is 17.3 Å². The fraction of sp³-hybridized carbons (Fsp3) is 0.500. The van der Waals surface area contributed by atoms with Gasteiger partial charge in [0.05, 0.1) is 0 Å². The standard InChI is InChI=1S/C18H23BrO/c1-12(2)18(4)10-9-13(3)16(17(18)20)11-14-5-7-15(19)8-6-14/h5-8,11-13H,9-10H2,1-4H3/t13-,18+/m0/s1. The molecular weight excluding hydrogens is 312 g/mol. The van der Waals surface area contributed by atoms with Crippen LogP contribution < -0.4 is 0 Å². The van der Waals surface area contributed by atoms with Gasteiger partial charge in [0.25, 0.3) is 0 Å². The highest BCUT2D eigenvalue weighted by atomic mass is 79.9. The van der Waals surface area contributed by atoms with E-state index in [4.69, 9.17) is 0 Å². The monoisotopic (exact) mass is 334 g/mol. The van der Waals surface area contributed by atoms with Crippen LogP contribution in [-0.4, -0.2) is 5.78 Å². The molecule has 0 N–H and O–H groups in total. The number of Topliss-reactive ketones (excluding diaryl/α,β-unsaturated/α-hetero) is 1. The van der Waals surface area contributed by atoms with E-state index < -0.39 is 0 Å². The maximum Gasteiger partial charge on any atom is 0.165 e. The van der Waals surface area contributed by atoms with E-state index in [1.165, 1.54) is 0 Å². The van der Waals surface area contributed by atoms with Gasteiger partial charge in [-0.1, -0.05) is 55.8 Å². The van der Waals surface area contributed by atoms with Gasteiger partial charge in [-0.05, 0) is 54.0 Å². The Morgan fingerprint density at radius 2 is 1.90 bits per heavy atom. The van der Waals surface area contributed by atoms with Crippen molar-refractivity contribution in [3.8, 4) is 0 Å². The number of allylic oxidation sites excluding steroid dienone is 1. The molecule has 2 rings (SSSR count). The van der Waals surface area contributed by atoms with Gasteiger partial charge in [-0.2, -0.15) is 0 Å². The van der Waals surface area contributed by atoms with Crippen molar-refractivity contribution in [2.45, 2.75) is 40.5 Å². The third-order valence-corrected chi connectivity index (χ3v) is 5.40. The lowest BCUT2D eigenvalue weighted by molar-refractivity contribution is -0.129. The van der Waals surface area contributed by atoms with Gasteiger partial charge in [0.2, 0.25) is 0 Å². The first-order valence-electron chi connectivity index (χ1n) is 7.36. The van der Waals surface area contributed by atoms with E-state index in [2.05, 4.69) is 61.8 Å². The zero-order chi connectivity index (χ0) is 14.9. The molecule has 0 unspecified atom stereocenters. The molecule has 20 heavy (non-hydrogen) atoms. The lowest BCUT2D eigenvalue weighted by atomic mass is 9.63. The number of carbonyl (C=O) groups excluding carboxylic acids is 1. The van der Waals surface area contributed by atoms with Crippen LogP contribution in [0.3, 0.4) is 0 Å². The Hall–Kier alpha value is -0.890. The molecule has 2 atom stereocenters. The Balaban J connectivity index is 2.37. The lowest BCUT2D eigenvalue weighted by Crippen LogP contribution is -2.40. The Kier molecular flexibility index (Phi) is 4.53. The summed E-state index contributed by atoms with van der Waals surface area (Å²) < 4.78 is 1.06. The minimum Gasteiger partial charge on any atom is -0.294 e. The highest BCUT2D eigenvalue weighted by Crippen LogP contribution is 2.44. The van der Waals surface area contributed by atoms with Crippen molar-refractivity contribution in [1.29, 1.82) is 0 Å². The quantitative estimate of drug-likeness (QED) is 0.653. The molecule has 1 aromatic rings. The summed E-state index contributed by atoms with van der Waals surface area (Å²) in [6.07, 6.45) is 4.18. The maximum absolute atomic E-state index is 12.9. The summed E-state index contributed by atoms with van der Waals surface area (Å²) in [5.74, 6) is 1.09. The third kappa shape index (κ3) is 2.90. The van der Waals surface area contributed by atoms with Gasteiger partial charge in [0.1, 0.15) is 0 Å². The number of hydrogen-bond donors (Lipinski definition) is 0. The molecule has 0 spiro atoms. The summed E-state index contributed by atoms with van der Waals surface area (Å²) in [5, 5.41) is 0. The smallest absolute Gasteiger partial charge is 0.165 e. The number of ketones is 1. The molecule has 0 aliphatic heterocycles. The van der Waals surface area contributed by atoms with Crippen molar-refractivity contribution in [3.05, 3.63) is 39.9 Å². The average Bonchev–Trinajstić information content (AvgIpc) is 2.41. The van der Waals surface area contributed by atoms with E-state index in [1.807, 2.05) is 12.1 Å². The van der Waals surface area contributed by atoms with Crippen molar-refractivity contribution in [3.63, 3.8) is 0 Å². The summed E-state index contributed by atoms with van der Waals surface area (Å²) in [7, 11) is 0. The molecule has 108 valence electrons. The number of halogens is 1. The van der Waals surface area contributed by atoms with Crippen LogP contribution in [0.1, 0.15) is 46.1 Å². The summed E-state index contributed by atoms with van der Waals surface area (Å²) in [6.45, 7) is 8.61. The van der Waals surface area contributed by atoms with Crippen LogP contribution in [0.4, 0.5) is 0 Å². The molecule has 0 saturated heterocycles. The number of benzene rings is 1. The Morgan fingerprint density at radius 3 is 2.45 bits per heavy atom. The molecule has 0 heterocycles. The van der Waals surface area contributed by atoms with E-state index >= 15 is 0 Å². The summed E-state index contributed by atoms with van der Waals surface area (Å²) in [6, 6.07) is 8.15. The van der Waals surface area contributed by atoms with Crippen LogP contribution >= 0.6 is 15.9 Å². The van der Waals surface area contributed by atoms with E-state index in [-0.39, 0.29) is 5.41 Å². The van der Waals surface area contributed by atoms with Crippen LogP contribution in [0.5, 0.6) is 0 Å². The summed E-state index contributed by atoms with van der Waals surface area (Å²) >= 11 is 3.44. The molecule has 0 radical (unpaired) electrons. The second kappa shape index (κ2) is 5.85. The Bertz CT molecular complexity index is 527. The van der Waals surface area contributed by atoms with Gasteiger partial charge in [-0.15, -0.1) is 0 Å². The first-order valence-corrected chi connectivity index (χ1v) is 8.16. The second-order valence-corrected chi connectivity index (χ2v) is 7.41. The molecular formula is C18H23BrO.